The fraction of sp³-hybridized carbons (Fsp3) is 0.278. The number of carbonyl (C=O) groups excluding carboxylic acids is 1. The summed E-state index contributed by atoms with van der Waals surface area (Å²) in [6, 6.07) is 15.8. The predicted octanol–water partition coefficient (Wildman–Crippen LogP) is 3.92. The largest absolute Gasteiger partial charge is 0.336 e. The maximum absolute atomic E-state index is 12.9. The lowest BCUT2D eigenvalue weighted by Crippen LogP contribution is -2.38. The lowest BCUT2D eigenvalue weighted by molar-refractivity contribution is 0.0708. The smallest absolute Gasteiger partial charge is 0.254 e. The van der Waals surface area contributed by atoms with Crippen LogP contribution in [0, 0.1) is 5.82 Å². The van der Waals surface area contributed by atoms with Gasteiger partial charge in [0.1, 0.15) is 5.82 Å². The van der Waals surface area contributed by atoms with Gasteiger partial charge in [0.25, 0.3) is 5.91 Å². The molecule has 0 saturated carbocycles. The zero-order valence-corrected chi connectivity index (χ0v) is 12.4. The molecule has 0 saturated heterocycles. The van der Waals surface area contributed by atoms with Gasteiger partial charge in [-0.3, -0.25) is 4.79 Å². The minimum Gasteiger partial charge on any atom is -0.336 e. The van der Waals surface area contributed by atoms with Crippen molar-refractivity contribution in [2.75, 3.05) is 6.54 Å². The Morgan fingerprint density at radius 2 is 1.67 bits per heavy atom. The molecule has 0 aliphatic carbocycles. The van der Waals surface area contributed by atoms with Crippen molar-refractivity contribution >= 4 is 5.91 Å². The second kappa shape index (κ2) is 7.02. The van der Waals surface area contributed by atoms with Gasteiger partial charge in [-0.25, -0.2) is 4.39 Å². The highest BCUT2D eigenvalue weighted by atomic mass is 19.1. The highest BCUT2D eigenvalue weighted by Crippen LogP contribution is 2.11. The third-order valence-electron chi connectivity index (χ3n) is 3.46. The maximum Gasteiger partial charge on any atom is 0.254 e. The Kier molecular flexibility index (Phi) is 5.09. The van der Waals surface area contributed by atoms with Crippen molar-refractivity contribution in [2.24, 2.45) is 0 Å². The Morgan fingerprint density at radius 3 is 2.24 bits per heavy atom. The van der Waals surface area contributed by atoms with E-state index in [1.165, 1.54) is 12.1 Å². The molecule has 2 nitrogen and oxygen atoms in total. The average molecular weight is 285 g/mol. The van der Waals surface area contributed by atoms with E-state index in [1.807, 2.05) is 49.1 Å². The van der Waals surface area contributed by atoms with Gasteiger partial charge < -0.3 is 4.90 Å². The topological polar surface area (TPSA) is 20.3 Å². The number of hydrogen-bond acceptors (Lipinski definition) is 1. The number of rotatable bonds is 5. The second-order valence-electron chi connectivity index (χ2n) is 5.33. The molecule has 0 atom stereocenters. The highest BCUT2D eigenvalue weighted by molar-refractivity contribution is 5.94. The van der Waals surface area contributed by atoms with Crippen LogP contribution in [-0.4, -0.2) is 23.4 Å². The van der Waals surface area contributed by atoms with E-state index in [2.05, 4.69) is 0 Å². The molecule has 0 unspecified atom stereocenters. The lowest BCUT2D eigenvalue weighted by atomic mass is 10.1. The van der Waals surface area contributed by atoms with Crippen LogP contribution < -0.4 is 0 Å². The monoisotopic (exact) mass is 285 g/mol. The van der Waals surface area contributed by atoms with E-state index >= 15 is 0 Å². The third-order valence-corrected chi connectivity index (χ3v) is 3.46. The summed E-state index contributed by atoms with van der Waals surface area (Å²) in [4.78, 5) is 14.4. The summed E-state index contributed by atoms with van der Waals surface area (Å²) in [6.45, 7) is 4.63. The predicted molar refractivity (Wildman–Crippen MR) is 82.7 cm³/mol. The summed E-state index contributed by atoms with van der Waals surface area (Å²) < 4.78 is 12.9. The van der Waals surface area contributed by atoms with Crippen molar-refractivity contribution in [1.29, 1.82) is 0 Å². The van der Waals surface area contributed by atoms with Crippen LogP contribution in [0.5, 0.6) is 0 Å². The summed E-state index contributed by atoms with van der Waals surface area (Å²) in [5.41, 5.74) is 1.73. The first kappa shape index (κ1) is 15.2. The minimum absolute atomic E-state index is 0.0349. The van der Waals surface area contributed by atoms with Crippen LogP contribution in [0.2, 0.25) is 0 Å². The van der Waals surface area contributed by atoms with E-state index in [0.717, 1.165) is 12.0 Å². The molecule has 1 amide bonds. The maximum atomic E-state index is 12.9. The van der Waals surface area contributed by atoms with E-state index in [1.54, 1.807) is 12.1 Å². The van der Waals surface area contributed by atoms with Gasteiger partial charge in [-0.2, -0.15) is 0 Å². The molecule has 2 aromatic rings. The number of benzene rings is 2. The molecule has 0 aliphatic rings. The zero-order valence-electron chi connectivity index (χ0n) is 12.4. The highest BCUT2D eigenvalue weighted by Gasteiger charge is 2.18. The standard InChI is InChI=1S/C18H20FNO/c1-14(2)20(18(21)16-6-4-3-5-7-16)13-12-15-8-10-17(19)11-9-15/h3-11,14H,12-13H2,1-2H3. The Morgan fingerprint density at radius 1 is 1.05 bits per heavy atom. The van der Waals surface area contributed by atoms with Crippen molar-refractivity contribution in [3.8, 4) is 0 Å². The molecule has 110 valence electrons. The molecule has 0 aromatic heterocycles. The molecule has 3 heteroatoms. The van der Waals surface area contributed by atoms with Crippen LogP contribution in [0.25, 0.3) is 0 Å². The number of hydrogen-bond donors (Lipinski definition) is 0. The van der Waals surface area contributed by atoms with Gasteiger partial charge in [0, 0.05) is 18.2 Å². The van der Waals surface area contributed by atoms with Gasteiger partial charge in [0.2, 0.25) is 0 Å². The molecule has 0 bridgehead atoms. The molecule has 0 aliphatic heterocycles. The molecule has 0 spiro atoms. The van der Waals surface area contributed by atoms with Crippen molar-refractivity contribution in [3.05, 3.63) is 71.5 Å². The Bertz CT molecular complexity index is 578. The number of nitrogens with zero attached hydrogens (tertiary/aromatic N) is 1. The molecule has 21 heavy (non-hydrogen) atoms. The first-order valence-electron chi connectivity index (χ1n) is 7.18. The van der Waals surface area contributed by atoms with Crippen LogP contribution in [-0.2, 0) is 6.42 Å². The molecule has 0 radical (unpaired) electrons. The Hall–Kier alpha value is -2.16. The molecular formula is C18H20FNO. The van der Waals surface area contributed by atoms with Crippen molar-refractivity contribution in [2.45, 2.75) is 26.3 Å². The van der Waals surface area contributed by atoms with Crippen LogP contribution in [0.15, 0.2) is 54.6 Å². The summed E-state index contributed by atoms with van der Waals surface area (Å²) >= 11 is 0. The average Bonchev–Trinajstić information content (AvgIpc) is 2.49. The normalized spacial score (nSPS) is 10.7. The van der Waals surface area contributed by atoms with Crippen LogP contribution >= 0.6 is 0 Å². The molecule has 2 rings (SSSR count). The van der Waals surface area contributed by atoms with E-state index in [-0.39, 0.29) is 17.8 Å². The minimum atomic E-state index is -0.236. The van der Waals surface area contributed by atoms with Crippen LogP contribution in [0.4, 0.5) is 4.39 Å². The molecule has 0 N–H and O–H groups in total. The fourth-order valence-corrected chi connectivity index (χ4v) is 2.24. The zero-order chi connectivity index (χ0) is 15.2. The quantitative estimate of drug-likeness (QED) is 0.815. The molecular weight excluding hydrogens is 265 g/mol. The summed E-state index contributed by atoms with van der Waals surface area (Å²) in [5, 5.41) is 0. The fourth-order valence-electron chi connectivity index (χ4n) is 2.24. The van der Waals surface area contributed by atoms with E-state index in [0.29, 0.717) is 12.1 Å². The summed E-state index contributed by atoms with van der Waals surface area (Å²) in [5.74, 6) is -0.201. The van der Waals surface area contributed by atoms with Crippen LogP contribution in [0.3, 0.4) is 0 Å². The molecule has 0 heterocycles. The summed E-state index contributed by atoms with van der Waals surface area (Å²) in [7, 11) is 0. The van der Waals surface area contributed by atoms with Gasteiger partial charge in [-0.15, -0.1) is 0 Å². The number of amides is 1. The lowest BCUT2D eigenvalue weighted by Gasteiger charge is -2.27. The van der Waals surface area contributed by atoms with Gasteiger partial charge in [-0.05, 0) is 50.1 Å². The Labute approximate surface area is 125 Å². The number of halogens is 1. The molecule has 0 fully saturated rings. The second-order valence-corrected chi connectivity index (χ2v) is 5.33. The van der Waals surface area contributed by atoms with Crippen molar-refractivity contribution in [1.82, 2.24) is 4.90 Å². The van der Waals surface area contributed by atoms with Gasteiger partial charge in [0.15, 0.2) is 0 Å². The van der Waals surface area contributed by atoms with Gasteiger partial charge in [-0.1, -0.05) is 30.3 Å². The van der Waals surface area contributed by atoms with Gasteiger partial charge >= 0.3 is 0 Å². The summed E-state index contributed by atoms with van der Waals surface area (Å²) in [6.07, 6.45) is 0.719. The molecule has 2 aromatic carbocycles. The first-order chi connectivity index (χ1) is 10.1. The van der Waals surface area contributed by atoms with E-state index in [9.17, 15) is 9.18 Å². The van der Waals surface area contributed by atoms with E-state index < -0.39 is 0 Å². The van der Waals surface area contributed by atoms with Gasteiger partial charge in [0.05, 0.1) is 0 Å². The van der Waals surface area contributed by atoms with Crippen molar-refractivity contribution in [3.63, 3.8) is 0 Å². The first-order valence-corrected chi connectivity index (χ1v) is 7.18. The van der Waals surface area contributed by atoms with Crippen LogP contribution in [0.1, 0.15) is 29.8 Å². The Balaban J connectivity index is 2.06. The number of carbonyl (C=O) groups is 1. The third kappa shape index (κ3) is 4.15. The SMILES string of the molecule is CC(C)N(CCc1ccc(F)cc1)C(=O)c1ccccc1. The van der Waals surface area contributed by atoms with E-state index in [4.69, 9.17) is 0 Å². The van der Waals surface area contributed by atoms with Crippen molar-refractivity contribution < 1.29 is 9.18 Å².